The Labute approximate surface area is 106 Å². The van der Waals surface area contributed by atoms with Crippen LogP contribution in [0.5, 0.6) is 0 Å². The maximum absolute atomic E-state index is 11.0. The van der Waals surface area contributed by atoms with Crippen molar-refractivity contribution in [1.82, 2.24) is 10.3 Å². The first kappa shape index (κ1) is 13.7. The lowest BCUT2D eigenvalue weighted by molar-refractivity contribution is 0.0697. The first-order chi connectivity index (χ1) is 7.77. The number of carbonyl (C=O) groups is 1. The summed E-state index contributed by atoms with van der Waals surface area (Å²) in [4.78, 5) is 14.9. The van der Waals surface area contributed by atoms with E-state index in [4.69, 9.17) is 5.11 Å². The Morgan fingerprint density at radius 3 is 2.82 bits per heavy atom. The van der Waals surface area contributed by atoms with Gasteiger partial charge in [0.2, 0.25) is 0 Å². The summed E-state index contributed by atoms with van der Waals surface area (Å²) in [5.41, 5.74) is 0.899. The minimum absolute atomic E-state index is 0. The predicted octanol–water partition coefficient (Wildman–Crippen LogP) is 1.37. The predicted molar refractivity (Wildman–Crippen MR) is 68.0 cm³/mol. The second-order valence-electron chi connectivity index (χ2n) is 3.90. The van der Waals surface area contributed by atoms with E-state index in [0.29, 0.717) is 11.7 Å². The third-order valence-electron chi connectivity index (χ3n) is 2.75. The average molecular weight is 258 g/mol. The van der Waals surface area contributed by atoms with Gasteiger partial charge in [-0.1, -0.05) is 0 Å². The van der Waals surface area contributed by atoms with E-state index < -0.39 is 5.97 Å². The van der Waals surface area contributed by atoms with Gasteiger partial charge in [0.25, 0.3) is 0 Å². The summed E-state index contributed by atoms with van der Waals surface area (Å²) in [5.74, 6) is -0.918. The van der Waals surface area contributed by atoms with E-state index in [1.807, 2.05) is 0 Å². The summed E-state index contributed by atoms with van der Waals surface area (Å²) in [6, 6.07) is 1.86. The molecule has 1 fully saturated rings. The van der Waals surface area contributed by atoms with Crippen LogP contribution in [-0.4, -0.2) is 35.2 Å². The number of carboxylic acids is 1. The molecular formula is C11H16ClN3O2. The highest BCUT2D eigenvalue weighted by Crippen LogP contribution is 2.17. The summed E-state index contributed by atoms with van der Waals surface area (Å²) in [7, 11) is 0. The van der Waals surface area contributed by atoms with E-state index in [2.05, 4.69) is 15.6 Å². The molecule has 0 spiro atoms. The third kappa shape index (κ3) is 3.57. The van der Waals surface area contributed by atoms with Gasteiger partial charge in [0, 0.05) is 12.2 Å². The summed E-state index contributed by atoms with van der Waals surface area (Å²) in [6.07, 6.45) is 5.09. The van der Waals surface area contributed by atoms with Gasteiger partial charge in [0.05, 0.1) is 17.4 Å². The van der Waals surface area contributed by atoms with Crippen molar-refractivity contribution in [2.75, 3.05) is 18.4 Å². The van der Waals surface area contributed by atoms with Crippen molar-refractivity contribution in [1.29, 1.82) is 0 Å². The molecule has 0 amide bonds. The van der Waals surface area contributed by atoms with E-state index in [1.54, 1.807) is 6.20 Å². The topological polar surface area (TPSA) is 74.2 Å². The van der Waals surface area contributed by atoms with Crippen molar-refractivity contribution in [3.8, 4) is 0 Å². The highest BCUT2D eigenvalue weighted by atomic mass is 35.5. The maximum Gasteiger partial charge on any atom is 0.337 e. The number of hydrogen-bond acceptors (Lipinski definition) is 4. The summed E-state index contributed by atoms with van der Waals surface area (Å²) < 4.78 is 0. The first-order valence-electron chi connectivity index (χ1n) is 5.42. The van der Waals surface area contributed by atoms with E-state index in [1.165, 1.54) is 12.3 Å². The van der Waals surface area contributed by atoms with Gasteiger partial charge in [-0.05, 0) is 32.0 Å². The van der Waals surface area contributed by atoms with Gasteiger partial charge >= 0.3 is 5.97 Å². The largest absolute Gasteiger partial charge is 0.478 e. The van der Waals surface area contributed by atoms with Crippen LogP contribution in [0.1, 0.15) is 23.2 Å². The molecular weight excluding hydrogens is 242 g/mol. The van der Waals surface area contributed by atoms with Crippen molar-refractivity contribution in [3.63, 3.8) is 0 Å². The van der Waals surface area contributed by atoms with Crippen molar-refractivity contribution in [2.45, 2.75) is 18.9 Å². The van der Waals surface area contributed by atoms with Crippen LogP contribution in [0.15, 0.2) is 18.5 Å². The molecule has 0 saturated carbocycles. The van der Waals surface area contributed by atoms with Crippen molar-refractivity contribution >= 4 is 24.1 Å². The molecule has 2 rings (SSSR count). The third-order valence-corrected chi connectivity index (χ3v) is 2.75. The van der Waals surface area contributed by atoms with Gasteiger partial charge < -0.3 is 15.7 Å². The number of rotatable bonds is 3. The van der Waals surface area contributed by atoms with Crippen LogP contribution in [0.2, 0.25) is 0 Å². The van der Waals surface area contributed by atoms with Crippen LogP contribution >= 0.6 is 12.4 Å². The maximum atomic E-state index is 11.0. The number of aromatic nitrogens is 1. The molecule has 1 aliphatic heterocycles. The lowest BCUT2D eigenvalue weighted by atomic mass is 10.1. The Bertz CT molecular complexity index is 381. The normalized spacial score (nSPS) is 16.0. The fourth-order valence-electron chi connectivity index (χ4n) is 1.88. The number of halogens is 1. The summed E-state index contributed by atoms with van der Waals surface area (Å²) in [5, 5.41) is 15.5. The van der Waals surface area contributed by atoms with E-state index in [0.717, 1.165) is 25.9 Å². The summed E-state index contributed by atoms with van der Waals surface area (Å²) >= 11 is 0. The van der Waals surface area contributed by atoms with Crippen molar-refractivity contribution in [2.24, 2.45) is 0 Å². The molecule has 0 aliphatic carbocycles. The minimum atomic E-state index is -0.918. The van der Waals surface area contributed by atoms with Crippen LogP contribution < -0.4 is 10.6 Å². The molecule has 94 valence electrons. The molecule has 6 heteroatoms. The second-order valence-corrected chi connectivity index (χ2v) is 3.90. The van der Waals surface area contributed by atoms with E-state index in [9.17, 15) is 4.79 Å². The number of carboxylic acid groups (broad SMARTS) is 1. The average Bonchev–Trinajstić information content (AvgIpc) is 2.31. The standard InChI is InChI=1S/C11H15N3O2.ClH/c15-11(16)9-3-6-13-7-10(9)14-8-1-4-12-5-2-8;/h3,6-8,12,14H,1-2,4-5H2,(H,15,16);1H. The van der Waals surface area contributed by atoms with Gasteiger partial charge in [-0.2, -0.15) is 0 Å². The molecule has 1 aromatic rings. The van der Waals surface area contributed by atoms with Gasteiger partial charge in [-0.3, -0.25) is 4.98 Å². The molecule has 0 bridgehead atoms. The number of nitrogens with one attached hydrogen (secondary N) is 2. The lowest BCUT2D eigenvalue weighted by Crippen LogP contribution is -2.35. The number of hydrogen-bond donors (Lipinski definition) is 3. The van der Waals surface area contributed by atoms with Crippen molar-refractivity contribution in [3.05, 3.63) is 24.0 Å². The molecule has 0 atom stereocenters. The smallest absolute Gasteiger partial charge is 0.337 e. The Balaban J connectivity index is 0.00000144. The monoisotopic (exact) mass is 257 g/mol. The minimum Gasteiger partial charge on any atom is -0.478 e. The van der Waals surface area contributed by atoms with E-state index in [-0.39, 0.29) is 18.0 Å². The quantitative estimate of drug-likeness (QED) is 0.763. The molecule has 3 N–H and O–H groups in total. The second kappa shape index (κ2) is 6.42. The summed E-state index contributed by atoms with van der Waals surface area (Å²) in [6.45, 7) is 1.95. The highest BCUT2D eigenvalue weighted by Gasteiger charge is 2.16. The van der Waals surface area contributed by atoms with Gasteiger partial charge in [-0.15, -0.1) is 12.4 Å². The Morgan fingerprint density at radius 1 is 1.47 bits per heavy atom. The Hall–Kier alpha value is -1.33. The van der Waals surface area contributed by atoms with Gasteiger partial charge in [-0.25, -0.2) is 4.79 Å². The number of aromatic carboxylic acids is 1. The highest BCUT2D eigenvalue weighted by molar-refractivity contribution is 5.93. The Kier molecular flexibility index (Phi) is 5.18. The fourth-order valence-corrected chi connectivity index (χ4v) is 1.88. The van der Waals surface area contributed by atoms with Crippen LogP contribution in [-0.2, 0) is 0 Å². The molecule has 2 heterocycles. The SMILES string of the molecule is Cl.O=C(O)c1ccncc1NC1CCNCC1. The number of piperidine rings is 1. The zero-order valence-corrected chi connectivity index (χ0v) is 10.2. The molecule has 1 saturated heterocycles. The van der Waals surface area contributed by atoms with Crippen LogP contribution in [0.4, 0.5) is 5.69 Å². The van der Waals surface area contributed by atoms with Crippen molar-refractivity contribution < 1.29 is 9.90 Å². The van der Waals surface area contributed by atoms with Crippen LogP contribution in [0.3, 0.4) is 0 Å². The van der Waals surface area contributed by atoms with Gasteiger partial charge in [0.15, 0.2) is 0 Å². The number of pyridine rings is 1. The zero-order valence-electron chi connectivity index (χ0n) is 9.35. The molecule has 1 aromatic heterocycles. The molecule has 1 aliphatic rings. The molecule has 0 radical (unpaired) electrons. The molecule has 17 heavy (non-hydrogen) atoms. The number of anilines is 1. The molecule has 5 nitrogen and oxygen atoms in total. The van der Waals surface area contributed by atoms with Gasteiger partial charge in [0.1, 0.15) is 0 Å². The van der Waals surface area contributed by atoms with Crippen LogP contribution in [0.25, 0.3) is 0 Å². The fraction of sp³-hybridized carbons (Fsp3) is 0.455. The Morgan fingerprint density at radius 2 is 2.18 bits per heavy atom. The first-order valence-corrected chi connectivity index (χ1v) is 5.42. The lowest BCUT2D eigenvalue weighted by Gasteiger charge is -2.25. The number of nitrogens with zero attached hydrogens (tertiary/aromatic N) is 1. The zero-order chi connectivity index (χ0) is 11.4. The molecule has 0 unspecified atom stereocenters. The van der Waals surface area contributed by atoms with E-state index >= 15 is 0 Å². The molecule has 0 aromatic carbocycles. The van der Waals surface area contributed by atoms with Crippen LogP contribution in [0, 0.1) is 0 Å².